The Bertz CT molecular complexity index is 1050. The van der Waals surface area contributed by atoms with Crippen LogP contribution in [-0.4, -0.2) is 6.61 Å². The molecule has 1 saturated carbocycles. The Balaban J connectivity index is 1.40. The quantitative estimate of drug-likeness (QED) is 0.288. The van der Waals surface area contributed by atoms with Crippen molar-refractivity contribution in [1.82, 2.24) is 0 Å². The van der Waals surface area contributed by atoms with Gasteiger partial charge in [-0.25, -0.2) is 4.39 Å². The monoisotopic (exact) mass is 462 g/mol. The van der Waals surface area contributed by atoms with Crippen LogP contribution in [0.4, 0.5) is 8.78 Å². The van der Waals surface area contributed by atoms with Crippen molar-refractivity contribution in [2.75, 3.05) is 6.61 Å². The summed E-state index contributed by atoms with van der Waals surface area (Å²) in [6.07, 6.45) is 10.8. The van der Waals surface area contributed by atoms with Crippen molar-refractivity contribution < 1.29 is 13.5 Å². The standard InChI is InChI=1S/C31H36F2O/c1-3-5-6-7-22-8-10-23(11-9-22)24-12-14-25(15-13-24)26-16-18-27(19-17-26)28-20-21-29(34-4-2)31(33)30(28)32/h12-23H,3-11H2,1-2H3. The average molecular weight is 463 g/mol. The van der Waals surface area contributed by atoms with Crippen LogP contribution in [0.2, 0.25) is 0 Å². The van der Waals surface area contributed by atoms with E-state index in [0.29, 0.717) is 18.1 Å². The molecule has 1 aliphatic carbocycles. The molecule has 1 nitrogen and oxygen atoms in total. The Kier molecular flexibility index (Phi) is 8.37. The van der Waals surface area contributed by atoms with E-state index in [4.69, 9.17) is 4.74 Å². The molecule has 0 saturated heterocycles. The molecule has 0 radical (unpaired) electrons. The third kappa shape index (κ3) is 5.68. The minimum absolute atomic E-state index is 0.0505. The van der Waals surface area contributed by atoms with Gasteiger partial charge in [-0.3, -0.25) is 0 Å². The Hall–Kier alpha value is -2.68. The first-order valence-electron chi connectivity index (χ1n) is 12.9. The van der Waals surface area contributed by atoms with E-state index in [-0.39, 0.29) is 11.3 Å². The van der Waals surface area contributed by atoms with Gasteiger partial charge < -0.3 is 4.74 Å². The van der Waals surface area contributed by atoms with Gasteiger partial charge in [0.05, 0.1) is 6.61 Å². The molecule has 1 fully saturated rings. The highest BCUT2D eigenvalue weighted by molar-refractivity contribution is 5.71. The average Bonchev–Trinajstić information content (AvgIpc) is 2.88. The summed E-state index contributed by atoms with van der Waals surface area (Å²) in [6.45, 7) is 4.32. The second-order valence-electron chi connectivity index (χ2n) is 9.59. The lowest BCUT2D eigenvalue weighted by atomic mass is 9.77. The third-order valence-corrected chi connectivity index (χ3v) is 7.32. The molecule has 0 unspecified atom stereocenters. The molecule has 0 aromatic heterocycles. The van der Waals surface area contributed by atoms with E-state index in [1.54, 1.807) is 13.0 Å². The SMILES string of the molecule is CCCCCC1CCC(c2ccc(-c3ccc(-c4ccc(OCC)c(F)c4F)cc3)cc2)CC1. The summed E-state index contributed by atoms with van der Waals surface area (Å²) in [5, 5.41) is 0. The Labute approximate surface area is 203 Å². The molecule has 3 heteroatoms. The van der Waals surface area contributed by atoms with Gasteiger partial charge in [-0.1, -0.05) is 81.1 Å². The van der Waals surface area contributed by atoms with Gasteiger partial charge in [0.1, 0.15) is 0 Å². The van der Waals surface area contributed by atoms with Crippen molar-refractivity contribution in [3.05, 3.63) is 77.9 Å². The normalized spacial score (nSPS) is 18.1. The minimum Gasteiger partial charge on any atom is -0.491 e. The van der Waals surface area contributed by atoms with E-state index in [2.05, 4.69) is 31.2 Å². The van der Waals surface area contributed by atoms with E-state index < -0.39 is 11.6 Å². The maximum atomic E-state index is 14.6. The van der Waals surface area contributed by atoms with Gasteiger partial charge >= 0.3 is 0 Å². The first-order valence-corrected chi connectivity index (χ1v) is 12.9. The van der Waals surface area contributed by atoms with Crippen molar-refractivity contribution >= 4 is 0 Å². The van der Waals surface area contributed by atoms with Crippen LogP contribution >= 0.6 is 0 Å². The first-order chi connectivity index (χ1) is 16.6. The minimum atomic E-state index is -0.936. The smallest absolute Gasteiger partial charge is 0.201 e. The molecule has 0 spiro atoms. The molecule has 0 N–H and O–H groups in total. The molecule has 0 atom stereocenters. The lowest BCUT2D eigenvalue weighted by molar-refractivity contribution is 0.303. The molecule has 4 rings (SSSR count). The van der Waals surface area contributed by atoms with Crippen molar-refractivity contribution in [2.45, 2.75) is 71.1 Å². The molecule has 3 aromatic carbocycles. The summed E-state index contributed by atoms with van der Waals surface area (Å²) >= 11 is 0. The molecule has 0 amide bonds. The highest BCUT2D eigenvalue weighted by atomic mass is 19.2. The fourth-order valence-electron chi connectivity index (χ4n) is 5.28. The molecule has 0 heterocycles. The number of halogens is 2. The number of hydrogen-bond donors (Lipinski definition) is 0. The number of hydrogen-bond acceptors (Lipinski definition) is 1. The van der Waals surface area contributed by atoms with Crippen molar-refractivity contribution in [3.63, 3.8) is 0 Å². The summed E-state index contributed by atoms with van der Waals surface area (Å²) in [6, 6.07) is 19.6. The predicted octanol–water partition coefficient (Wildman–Crippen LogP) is 9.55. The molecule has 34 heavy (non-hydrogen) atoms. The fourth-order valence-corrected chi connectivity index (χ4v) is 5.28. The summed E-state index contributed by atoms with van der Waals surface area (Å²) in [7, 11) is 0. The van der Waals surface area contributed by atoms with Crippen molar-refractivity contribution in [2.24, 2.45) is 5.92 Å². The second-order valence-corrected chi connectivity index (χ2v) is 9.59. The molecule has 3 aromatic rings. The van der Waals surface area contributed by atoms with Crippen molar-refractivity contribution in [1.29, 1.82) is 0 Å². The van der Waals surface area contributed by atoms with Crippen molar-refractivity contribution in [3.8, 4) is 28.0 Å². The van der Waals surface area contributed by atoms with E-state index in [1.807, 2.05) is 24.3 Å². The largest absolute Gasteiger partial charge is 0.491 e. The molecule has 1 aliphatic rings. The maximum absolute atomic E-state index is 14.6. The van der Waals surface area contributed by atoms with Crippen LogP contribution in [-0.2, 0) is 0 Å². The van der Waals surface area contributed by atoms with Crippen LogP contribution in [0.3, 0.4) is 0 Å². The van der Waals surface area contributed by atoms with E-state index in [1.165, 1.54) is 63.0 Å². The van der Waals surface area contributed by atoms with Gasteiger partial charge in [0.25, 0.3) is 0 Å². The van der Waals surface area contributed by atoms with Crippen LogP contribution < -0.4 is 4.74 Å². The van der Waals surface area contributed by atoms with Crippen LogP contribution in [0, 0.1) is 17.6 Å². The molecular weight excluding hydrogens is 426 g/mol. The third-order valence-electron chi connectivity index (χ3n) is 7.32. The van der Waals surface area contributed by atoms with Gasteiger partial charge in [0.15, 0.2) is 11.6 Å². The number of benzene rings is 3. The predicted molar refractivity (Wildman–Crippen MR) is 137 cm³/mol. The van der Waals surface area contributed by atoms with Crippen LogP contribution in [0.1, 0.15) is 76.7 Å². The fraction of sp³-hybridized carbons (Fsp3) is 0.419. The zero-order chi connectivity index (χ0) is 23.9. The zero-order valence-corrected chi connectivity index (χ0v) is 20.5. The highest BCUT2D eigenvalue weighted by Gasteiger charge is 2.22. The number of ether oxygens (including phenoxy) is 1. The molecule has 180 valence electrons. The maximum Gasteiger partial charge on any atom is 0.201 e. The van der Waals surface area contributed by atoms with Gasteiger partial charge in [0.2, 0.25) is 5.82 Å². The number of rotatable bonds is 9. The summed E-state index contributed by atoms with van der Waals surface area (Å²) in [5.74, 6) is -0.256. The van der Waals surface area contributed by atoms with E-state index in [9.17, 15) is 8.78 Å². The van der Waals surface area contributed by atoms with Crippen LogP contribution in [0.15, 0.2) is 60.7 Å². The van der Waals surface area contributed by atoms with Gasteiger partial charge in [-0.2, -0.15) is 4.39 Å². The Morgan fingerprint density at radius 1 is 0.706 bits per heavy atom. The first kappa shape index (κ1) is 24.4. The highest BCUT2D eigenvalue weighted by Crippen LogP contribution is 2.38. The summed E-state index contributed by atoms with van der Waals surface area (Å²) < 4.78 is 34.0. The summed E-state index contributed by atoms with van der Waals surface area (Å²) in [5.41, 5.74) is 4.55. The zero-order valence-electron chi connectivity index (χ0n) is 20.5. The Morgan fingerprint density at radius 2 is 1.32 bits per heavy atom. The van der Waals surface area contributed by atoms with Gasteiger partial charge in [-0.05, 0) is 78.8 Å². The van der Waals surface area contributed by atoms with Crippen LogP contribution in [0.25, 0.3) is 22.3 Å². The van der Waals surface area contributed by atoms with Gasteiger partial charge in [-0.15, -0.1) is 0 Å². The second kappa shape index (κ2) is 11.6. The van der Waals surface area contributed by atoms with E-state index >= 15 is 0 Å². The lowest BCUT2D eigenvalue weighted by Gasteiger charge is -2.29. The molecular formula is C31H36F2O. The van der Waals surface area contributed by atoms with Gasteiger partial charge in [0, 0.05) is 5.56 Å². The summed E-state index contributed by atoms with van der Waals surface area (Å²) in [4.78, 5) is 0. The van der Waals surface area contributed by atoms with Crippen LogP contribution in [0.5, 0.6) is 5.75 Å². The molecule has 0 bridgehead atoms. The molecule has 0 aliphatic heterocycles. The lowest BCUT2D eigenvalue weighted by Crippen LogP contribution is -2.13. The Morgan fingerprint density at radius 3 is 1.94 bits per heavy atom. The van der Waals surface area contributed by atoms with E-state index in [0.717, 1.165) is 17.0 Å². The number of unbranched alkanes of at least 4 members (excludes halogenated alkanes) is 2. The topological polar surface area (TPSA) is 9.23 Å².